The van der Waals surface area contributed by atoms with Gasteiger partial charge in [-0.1, -0.05) is 18.2 Å². The molecule has 10 heteroatoms. The molecule has 29 heavy (non-hydrogen) atoms. The summed E-state index contributed by atoms with van der Waals surface area (Å²) in [5.74, 6) is -2.85. The largest absolute Gasteiger partial charge is 0.459 e. The van der Waals surface area contributed by atoms with Crippen LogP contribution in [0.1, 0.15) is 10.6 Å². The Balaban J connectivity index is 1.48. The van der Waals surface area contributed by atoms with Crippen LogP contribution in [0.3, 0.4) is 0 Å². The maximum atomic E-state index is 12.4. The standard InChI is InChI=1S/C19H21N3O6S/c23-17(20-15-5-2-1-3-6-15)13-29(26,27)14-18(24)21-8-10-22(11-9-21)19(25)16-7-4-12-28-16/h1-7,12H,8-11,13-14H2,(H,20,23). The maximum Gasteiger partial charge on any atom is 0.289 e. The van der Waals surface area contributed by atoms with E-state index in [1.807, 2.05) is 0 Å². The normalized spacial score (nSPS) is 14.5. The summed E-state index contributed by atoms with van der Waals surface area (Å²) >= 11 is 0. The van der Waals surface area contributed by atoms with E-state index in [4.69, 9.17) is 4.42 Å². The summed E-state index contributed by atoms with van der Waals surface area (Å²) in [6.07, 6.45) is 1.41. The molecular weight excluding hydrogens is 398 g/mol. The number of hydrogen-bond donors (Lipinski definition) is 1. The van der Waals surface area contributed by atoms with Crippen LogP contribution in [0.25, 0.3) is 0 Å². The number of amides is 3. The van der Waals surface area contributed by atoms with E-state index >= 15 is 0 Å². The molecule has 1 fully saturated rings. The highest BCUT2D eigenvalue weighted by atomic mass is 32.2. The molecule has 1 N–H and O–H groups in total. The number of anilines is 1. The Kier molecular flexibility index (Phi) is 6.32. The van der Waals surface area contributed by atoms with Gasteiger partial charge in [-0.15, -0.1) is 0 Å². The number of piperazine rings is 1. The van der Waals surface area contributed by atoms with Gasteiger partial charge in [0.05, 0.1) is 6.26 Å². The highest BCUT2D eigenvalue weighted by molar-refractivity contribution is 7.92. The molecule has 0 aliphatic carbocycles. The Hall–Kier alpha value is -3.14. The van der Waals surface area contributed by atoms with Crippen LogP contribution in [-0.2, 0) is 19.4 Å². The van der Waals surface area contributed by atoms with Crippen LogP contribution in [0.2, 0.25) is 0 Å². The van der Waals surface area contributed by atoms with Crippen molar-refractivity contribution in [1.82, 2.24) is 9.80 Å². The molecular formula is C19H21N3O6S. The zero-order valence-corrected chi connectivity index (χ0v) is 16.4. The summed E-state index contributed by atoms with van der Waals surface area (Å²) in [7, 11) is -3.91. The van der Waals surface area contributed by atoms with Gasteiger partial charge in [-0.05, 0) is 24.3 Å². The first-order chi connectivity index (χ1) is 13.8. The first-order valence-corrected chi connectivity index (χ1v) is 10.8. The molecule has 1 aromatic heterocycles. The highest BCUT2D eigenvalue weighted by Crippen LogP contribution is 2.10. The summed E-state index contributed by atoms with van der Waals surface area (Å²) in [5.41, 5.74) is 0.483. The quantitative estimate of drug-likeness (QED) is 0.734. The van der Waals surface area contributed by atoms with Crippen LogP contribution in [0.15, 0.2) is 53.1 Å². The van der Waals surface area contributed by atoms with Gasteiger partial charge in [-0.25, -0.2) is 8.42 Å². The zero-order valence-electron chi connectivity index (χ0n) is 15.6. The van der Waals surface area contributed by atoms with Crippen molar-refractivity contribution in [2.24, 2.45) is 0 Å². The molecule has 2 aromatic rings. The van der Waals surface area contributed by atoms with Crippen LogP contribution < -0.4 is 5.32 Å². The summed E-state index contributed by atoms with van der Waals surface area (Å²) in [6.45, 7) is 0.994. The van der Waals surface area contributed by atoms with Gasteiger partial charge < -0.3 is 19.5 Å². The monoisotopic (exact) mass is 419 g/mol. The lowest BCUT2D eigenvalue weighted by Gasteiger charge is -2.34. The number of nitrogens with zero attached hydrogens (tertiary/aromatic N) is 2. The molecule has 0 bridgehead atoms. The van der Waals surface area contributed by atoms with E-state index in [2.05, 4.69) is 5.32 Å². The Morgan fingerprint density at radius 1 is 0.897 bits per heavy atom. The molecule has 3 rings (SSSR count). The van der Waals surface area contributed by atoms with Gasteiger partial charge in [0.15, 0.2) is 15.6 Å². The van der Waals surface area contributed by atoms with Crippen LogP contribution >= 0.6 is 0 Å². The van der Waals surface area contributed by atoms with E-state index in [-0.39, 0.29) is 37.8 Å². The lowest BCUT2D eigenvalue weighted by atomic mass is 10.3. The molecule has 154 valence electrons. The molecule has 2 heterocycles. The molecule has 3 amide bonds. The van der Waals surface area contributed by atoms with Crippen molar-refractivity contribution in [1.29, 1.82) is 0 Å². The molecule has 0 saturated carbocycles. The molecule has 9 nitrogen and oxygen atoms in total. The summed E-state index contributed by atoms with van der Waals surface area (Å²) in [4.78, 5) is 39.5. The fourth-order valence-electron chi connectivity index (χ4n) is 2.96. The summed E-state index contributed by atoms with van der Waals surface area (Å²) < 4.78 is 29.5. The van der Waals surface area contributed by atoms with Crippen molar-refractivity contribution in [3.63, 3.8) is 0 Å². The van der Waals surface area contributed by atoms with E-state index in [0.29, 0.717) is 5.69 Å². The van der Waals surface area contributed by atoms with Crippen molar-refractivity contribution < 1.29 is 27.2 Å². The predicted molar refractivity (Wildman–Crippen MR) is 105 cm³/mol. The number of furan rings is 1. The molecule has 1 aliphatic rings. The molecule has 1 aliphatic heterocycles. The number of nitrogens with one attached hydrogen (secondary N) is 1. The van der Waals surface area contributed by atoms with Crippen LogP contribution in [0.5, 0.6) is 0 Å². The first-order valence-electron chi connectivity index (χ1n) is 9.00. The minimum Gasteiger partial charge on any atom is -0.459 e. The van der Waals surface area contributed by atoms with Crippen molar-refractivity contribution >= 4 is 33.2 Å². The summed E-state index contributed by atoms with van der Waals surface area (Å²) in [6, 6.07) is 11.7. The smallest absolute Gasteiger partial charge is 0.289 e. The number of carbonyl (C=O) groups excluding carboxylic acids is 3. The fourth-order valence-corrected chi connectivity index (χ4v) is 4.10. The predicted octanol–water partition coefficient (Wildman–Crippen LogP) is 0.618. The molecule has 1 saturated heterocycles. The highest BCUT2D eigenvalue weighted by Gasteiger charge is 2.29. The molecule has 0 atom stereocenters. The van der Waals surface area contributed by atoms with E-state index < -0.39 is 33.2 Å². The number of carbonyl (C=O) groups is 3. The van der Waals surface area contributed by atoms with E-state index in [0.717, 1.165) is 0 Å². The van der Waals surface area contributed by atoms with E-state index in [1.165, 1.54) is 11.2 Å². The number of para-hydroxylation sites is 1. The van der Waals surface area contributed by atoms with Crippen molar-refractivity contribution in [3.05, 3.63) is 54.5 Å². The van der Waals surface area contributed by atoms with Crippen molar-refractivity contribution in [2.45, 2.75) is 0 Å². The second kappa shape index (κ2) is 8.91. The molecule has 1 aromatic carbocycles. The Labute approximate surface area is 168 Å². The average Bonchev–Trinajstić information content (AvgIpc) is 3.22. The van der Waals surface area contributed by atoms with Crippen LogP contribution in [0, 0.1) is 0 Å². The molecule has 0 unspecified atom stereocenters. The third-order valence-electron chi connectivity index (χ3n) is 4.40. The number of rotatable bonds is 6. The lowest BCUT2D eigenvalue weighted by molar-refractivity contribution is -0.129. The van der Waals surface area contributed by atoms with Gasteiger partial charge >= 0.3 is 0 Å². The number of hydrogen-bond acceptors (Lipinski definition) is 6. The van der Waals surface area contributed by atoms with Gasteiger partial charge in [0.2, 0.25) is 11.8 Å². The second-order valence-corrected chi connectivity index (χ2v) is 8.66. The third kappa shape index (κ3) is 5.67. The van der Waals surface area contributed by atoms with Gasteiger partial charge in [0.25, 0.3) is 5.91 Å². The van der Waals surface area contributed by atoms with Gasteiger partial charge in [-0.3, -0.25) is 14.4 Å². The Morgan fingerprint density at radius 2 is 1.55 bits per heavy atom. The van der Waals surface area contributed by atoms with Crippen molar-refractivity contribution in [3.8, 4) is 0 Å². The minimum absolute atomic E-state index is 0.219. The number of sulfone groups is 1. The fraction of sp³-hybridized carbons (Fsp3) is 0.316. The summed E-state index contributed by atoms with van der Waals surface area (Å²) in [5, 5.41) is 2.49. The SMILES string of the molecule is O=C(CS(=O)(=O)CC(=O)N1CCN(C(=O)c2ccco2)CC1)Nc1ccccc1. The van der Waals surface area contributed by atoms with Gasteiger partial charge in [-0.2, -0.15) is 0 Å². The average molecular weight is 419 g/mol. The topological polar surface area (TPSA) is 117 Å². The number of benzene rings is 1. The van der Waals surface area contributed by atoms with E-state index in [9.17, 15) is 22.8 Å². The zero-order chi connectivity index (χ0) is 20.9. The maximum absolute atomic E-state index is 12.4. The van der Waals surface area contributed by atoms with Crippen molar-refractivity contribution in [2.75, 3.05) is 43.0 Å². The molecule has 0 radical (unpaired) electrons. The third-order valence-corrected chi connectivity index (χ3v) is 5.79. The van der Waals surface area contributed by atoms with Gasteiger partial charge in [0.1, 0.15) is 11.5 Å². The van der Waals surface area contributed by atoms with Crippen LogP contribution in [0.4, 0.5) is 5.69 Å². The van der Waals surface area contributed by atoms with Gasteiger partial charge in [0, 0.05) is 31.9 Å². The van der Waals surface area contributed by atoms with Crippen LogP contribution in [-0.4, -0.2) is 73.6 Å². The Bertz CT molecular complexity index is 965. The van der Waals surface area contributed by atoms with E-state index in [1.54, 1.807) is 47.4 Å². The second-order valence-electron chi connectivity index (χ2n) is 6.60. The minimum atomic E-state index is -3.91. The molecule has 0 spiro atoms. The Morgan fingerprint density at radius 3 is 2.17 bits per heavy atom. The lowest BCUT2D eigenvalue weighted by Crippen LogP contribution is -2.52. The first kappa shape index (κ1) is 20.6.